The Hall–Kier alpha value is -1.82. The average molecular weight is 401 g/mol. The molecule has 1 rings (SSSR count). The van der Waals surface area contributed by atoms with Gasteiger partial charge in [-0.2, -0.15) is 0 Å². The number of esters is 1. The molecule has 0 spiro atoms. The number of hydrogen-bond donors (Lipinski definition) is 1. The third-order valence-electron chi connectivity index (χ3n) is 3.16. The molecule has 0 aliphatic rings. The first-order valence-corrected chi connectivity index (χ1v) is 8.60. The molecule has 0 heterocycles. The molecule has 0 radical (unpaired) electrons. The van der Waals surface area contributed by atoms with Gasteiger partial charge in [-0.3, -0.25) is 4.79 Å². The molecule has 132 valence electrons. The van der Waals surface area contributed by atoms with Gasteiger partial charge in [0.15, 0.2) is 0 Å². The van der Waals surface area contributed by atoms with Gasteiger partial charge in [-0.25, -0.2) is 4.39 Å². The normalized spacial score (nSPS) is 12.6. The van der Waals surface area contributed by atoms with E-state index in [1.165, 1.54) is 18.2 Å². The number of hydrogen-bond acceptors (Lipinski definition) is 4. The van der Waals surface area contributed by atoms with Crippen molar-refractivity contribution < 1.29 is 23.8 Å². The monoisotopic (exact) mass is 400 g/mol. The lowest BCUT2D eigenvalue weighted by Gasteiger charge is -2.13. The molecule has 4 nitrogen and oxygen atoms in total. The molecule has 1 N–H and O–H groups in total. The maximum Gasteiger partial charge on any atom is 0.310 e. The Labute approximate surface area is 150 Å². The molecule has 1 aromatic rings. The van der Waals surface area contributed by atoms with Gasteiger partial charge < -0.3 is 14.6 Å². The van der Waals surface area contributed by atoms with Gasteiger partial charge >= 0.3 is 5.97 Å². The van der Waals surface area contributed by atoms with Gasteiger partial charge in [-0.1, -0.05) is 19.9 Å². The third kappa shape index (κ3) is 6.35. The smallest absolute Gasteiger partial charge is 0.310 e. The zero-order chi connectivity index (χ0) is 18.1. The minimum atomic E-state index is -0.459. The van der Waals surface area contributed by atoms with Gasteiger partial charge in [0, 0.05) is 24.5 Å². The van der Waals surface area contributed by atoms with Crippen molar-refractivity contribution in [3.8, 4) is 5.75 Å². The summed E-state index contributed by atoms with van der Waals surface area (Å²) in [6, 6.07) is 4.01. The molecule has 0 bridgehead atoms. The summed E-state index contributed by atoms with van der Waals surface area (Å²) in [6.45, 7) is 5.70. The van der Waals surface area contributed by atoms with Crippen LogP contribution in [0.15, 0.2) is 40.3 Å². The summed E-state index contributed by atoms with van der Waals surface area (Å²) >= 11 is 3.28. The molecule has 0 aliphatic heterocycles. The molecule has 0 aromatic heterocycles. The second-order valence-corrected chi connectivity index (χ2v) is 5.80. The van der Waals surface area contributed by atoms with Crippen molar-refractivity contribution in [1.82, 2.24) is 0 Å². The van der Waals surface area contributed by atoms with Crippen LogP contribution in [0.1, 0.15) is 39.2 Å². The van der Waals surface area contributed by atoms with Crippen molar-refractivity contribution in [2.75, 3.05) is 6.61 Å². The number of benzene rings is 1. The van der Waals surface area contributed by atoms with Crippen LogP contribution in [0.4, 0.5) is 4.39 Å². The topological polar surface area (TPSA) is 55.8 Å². The first-order valence-electron chi connectivity index (χ1n) is 7.81. The molecule has 0 saturated heterocycles. The van der Waals surface area contributed by atoms with Gasteiger partial charge in [0.2, 0.25) is 0 Å². The fourth-order valence-electron chi connectivity index (χ4n) is 1.88. The lowest BCUT2D eigenvalue weighted by Crippen LogP contribution is -2.09. The molecule has 0 fully saturated rings. The van der Waals surface area contributed by atoms with E-state index in [0.717, 1.165) is 0 Å². The lowest BCUT2D eigenvalue weighted by molar-refractivity contribution is -0.142. The number of ether oxygens (including phenoxy) is 2. The van der Waals surface area contributed by atoms with Crippen LogP contribution >= 0.6 is 15.9 Å². The number of aliphatic hydroxyl groups is 1. The first-order chi connectivity index (χ1) is 11.4. The largest absolute Gasteiger partial charge is 0.511 e. The van der Waals surface area contributed by atoms with E-state index in [4.69, 9.17) is 9.47 Å². The second-order valence-electron chi connectivity index (χ2n) is 4.95. The van der Waals surface area contributed by atoms with Crippen LogP contribution < -0.4 is 4.74 Å². The third-order valence-corrected chi connectivity index (χ3v) is 3.84. The Balaban J connectivity index is 3.09. The summed E-state index contributed by atoms with van der Waals surface area (Å²) in [7, 11) is 0. The summed E-state index contributed by atoms with van der Waals surface area (Å²) in [5.74, 6) is 0.111. The van der Waals surface area contributed by atoms with E-state index in [1.54, 1.807) is 13.0 Å². The van der Waals surface area contributed by atoms with Crippen LogP contribution in [-0.4, -0.2) is 17.7 Å². The van der Waals surface area contributed by atoms with Crippen molar-refractivity contribution in [2.24, 2.45) is 0 Å². The first kappa shape index (κ1) is 20.2. The zero-order valence-electron chi connectivity index (χ0n) is 14.1. The van der Waals surface area contributed by atoms with Crippen molar-refractivity contribution in [1.29, 1.82) is 0 Å². The number of carbonyl (C=O) groups excluding carboxylic acids is 1. The minimum Gasteiger partial charge on any atom is -0.511 e. The van der Waals surface area contributed by atoms with Crippen LogP contribution in [0.25, 0.3) is 0 Å². The summed E-state index contributed by atoms with van der Waals surface area (Å²) in [6.07, 6.45) is 2.64. The fraction of sp³-hybridized carbons (Fsp3) is 0.389. The molecular weight excluding hydrogens is 379 g/mol. The van der Waals surface area contributed by atoms with Crippen LogP contribution in [-0.2, 0) is 16.0 Å². The molecule has 0 amide bonds. The standard InChI is InChI=1S/C18H22BrFO4/c1-4-14(11-15(19)16(21)5-2)24-17-10-13(20)8-7-12(17)9-18(22)23-6-3/h7-8,10-11,21H,4-6,9H2,1-3H3/b14-11+,16-15-. The number of halogens is 2. The fourth-order valence-corrected chi connectivity index (χ4v) is 2.41. The minimum absolute atomic E-state index is 0.00231. The molecular formula is C18H22BrFO4. The van der Waals surface area contributed by atoms with Gasteiger partial charge in [0.25, 0.3) is 0 Å². The molecule has 24 heavy (non-hydrogen) atoms. The molecule has 1 aromatic carbocycles. The van der Waals surface area contributed by atoms with E-state index in [2.05, 4.69) is 15.9 Å². The van der Waals surface area contributed by atoms with Gasteiger partial charge in [0.05, 0.1) is 17.5 Å². The molecule has 6 heteroatoms. The van der Waals surface area contributed by atoms with Gasteiger partial charge in [0.1, 0.15) is 23.1 Å². The summed E-state index contributed by atoms with van der Waals surface area (Å²) in [5.41, 5.74) is 0.536. The predicted molar refractivity (Wildman–Crippen MR) is 94.6 cm³/mol. The highest BCUT2D eigenvalue weighted by Crippen LogP contribution is 2.26. The maximum atomic E-state index is 13.6. The Morgan fingerprint density at radius 3 is 2.58 bits per heavy atom. The van der Waals surface area contributed by atoms with Crippen molar-refractivity contribution in [3.05, 3.63) is 51.7 Å². The number of carbonyl (C=O) groups is 1. The van der Waals surface area contributed by atoms with E-state index in [0.29, 0.717) is 28.6 Å². The van der Waals surface area contributed by atoms with Crippen LogP contribution in [0.2, 0.25) is 0 Å². The number of allylic oxidation sites excluding steroid dienone is 4. The van der Waals surface area contributed by atoms with E-state index in [9.17, 15) is 14.3 Å². The van der Waals surface area contributed by atoms with Crippen molar-refractivity contribution >= 4 is 21.9 Å². The SMILES string of the molecule is CCOC(=O)Cc1ccc(F)cc1O/C(=C/C(Br)=C(/O)CC)CC. The molecule has 0 unspecified atom stereocenters. The number of aliphatic hydroxyl groups excluding tert-OH is 1. The highest BCUT2D eigenvalue weighted by molar-refractivity contribution is 9.11. The maximum absolute atomic E-state index is 13.6. The number of rotatable bonds is 8. The Morgan fingerprint density at radius 2 is 2.00 bits per heavy atom. The summed E-state index contributed by atoms with van der Waals surface area (Å²) in [5, 5.41) is 9.73. The predicted octanol–water partition coefficient (Wildman–Crippen LogP) is 5.18. The molecule has 0 saturated carbocycles. The summed E-state index contributed by atoms with van der Waals surface area (Å²) < 4.78 is 24.7. The van der Waals surface area contributed by atoms with Crippen molar-refractivity contribution in [3.63, 3.8) is 0 Å². The highest BCUT2D eigenvalue weighted by Gasteiger charge is 2.13. The van der Waals surface area contributed by atoms with Crippen LogP contribution in [0, 0.1) is 5.82 Å². The van der Waals surface area contributed by atoms with E-state index < -0.39 is 11.8 Å². The van der Waals surface area contributed by atoms with Crippen LogP contribution in [0.5, 0.6) is 5.75 Å². The molecule has 0 atom stereocenters. The molecule has 0 aliphatic carbocycles. The van der Waals surface area contributed by atoms with Gasteiger partial charge in [-0.15, -0.1) is 0 Å². The Bertz CT molecular complexity index is 638. The lowest BCUT2D eigenvalue weighted by atomic mass is 10.1. The van der Waals surface area contributed by atoms with Gasteiger partial charge in [-0.05, 0) is 35.0 Å². The quantitative estimate of drug-likeness (QED) is 0.371. The summed E-state index contributed by atoms with van der Waals surface area (Å²) in [4.78, 5) is 11.7. The zero-order valence-corrected chi connectivity index (χ0v) is 15.7. The van der Waals surface area contributed by atoms with Crippen molar-refractivity contribution in [2.45, 2.75) is 40.0 Å². The van der Waals surface area contributed by atoms with E-state index >= 15 is 0 Å². The average Bonchev–Trinajstić information content (AvgIpc) is 2.55. The highest BCUT2D eigenvalue weighted by atomic mass is 79.9. The van der Waals surface area contributed by atoms with E-state index in [-0.39, 0.29) is 24.5 Å². The Kier molecular flexibility index (Phi) is 8.54. The van der Waals surface area contributed by atoms with Crippen LogP contribution in [0.3, 0.4) is 0 Å². The van der Waals surface area contributed by atoms with E-state index in [1.807, 2.05) is 13.8 Å². The second kappa shape index (κ2) is 10.1. The Morgan fingerprint density at radius 1 is 1.29 bits per heavy atom.